The lowest BCUT2D eigenvalue weighted by Crippen LogP contribution is -2.33. The van der Waals surface area contributed by atoms with Gasteiger partial charge in [0.25, 0.3) is 0 Å². The molecule has 1 aromatic carbocycles. The van der Waals surface area contributed by atoms with Crippen molar-refractivity contribution in [3.05, 3.63) is 29.6 Å². The van der Waals surface area contributed by atoms with Crippen LogP contribution in [0.3, 0.4) is 0 Å². The molecule has 1 aromatic rings. The molecule has 0 heterocycles. The Balaban J connectivity index is 2.71. The van der Waals surface area contributed by atoms with E-state index >= 15 is 0 Å². The van der Waals surface area contributed by atoms with E-state index in [4.69, 9.17) is 4.74 Å². The monoisotopic (exact) mass is 267 g/mol. The van der Waals surface area contributed by atoms with Gasteiger partial charge in [0.2, 0.25) is 0 Å². The Morgan fingerprint density at radius 1 is 1.32 bits per heavy atom. The summed E-state index contributed by atoms with van der Waals surface area (Å²) >= 11 is 0. The number of hydrogen-bond acceptors (Lipinski definition) is 2. The van der Waals surface area contributed by atoms with Crippen molar-refractivity contribution in [3.63, 3.8) is 0 Å². The van der Waals surface area contributed by atoms with Crippen molar-refractivity contribution in [2.45, 2.75) is 40.0 Å². The lowest BCUT2D eigenvalue weighted by molar-refractivity contribution is 0.290. The Kier molecular flexibility index (Phi) is 6.29. The van der Waals surface area contributed by atoms with Gasteiger partial charge in [-0.2, -0.15) is 0 Å². The van der Waals surface area contributed by atoms with Gasteiger partial charge in [0.1, 0.15) is 0 Å². The van der Waals surface area contributed by atoms with Crippen LogP contribution in [0.4, 0.5) is 4.39 Å². The molecule has 0 amide bonds. The zero-order chi connectivity index (χ0) is 14.3. The highest BCUT2D eigenvalue weighted by Gasteiger charge is 2.22. The Hall–Kier alpha value is -1.09. The minimum absolute atomic E-state index is 0.163. The van der Waals surface area contributed by atoms with E-state index in [0.717, 1.165) is 37.9 Å². The second-order valence-corrected chi connectivity index (χ2v) is 5.49. The molecule has 0 spiro atoms. The van der Waals surface area contributed by atoms with Crippen LogP contribution in [0, 0.1) is 11.2 Å². The number of nitrogens with one attached hydrogen (secondary N) is 1. The summed E-state index contributed by atoms with van der Waals surface area (Å²) in [4.78, 5) is 0. The molecule has 0 bridgehead atoms. The number of methoxy groups -OCH3 is 1. The van der Waals surface area contributed by atoms with Gasteiger partial charge in [-0.25, -0.2) is 4.39 Å². The van der Waals surface area contributed by atoms with E-state index in [9.17, 15) is 4.39 Å². The first-order chi connectivity index (χ1) is 9.04. The molecule has 0 aliphatic carbocycles. The summed E-state index contributed by atoms with van der Waals surface area (Å²) in [5, 5.41) is 3.47. The normalized spacial score (nSPS) is 14.2. The summed E-state index contributed by atoms with van der Waals surface area (Å²) in [6, 6.07) is 5.25. The van der Waals surface area contributed by atoms with E-state index in [1.165, 1.54) is 7.11 Å². The smallest absolute Gasteiger partial charge is 0.165 e. The van der Waals surface area contributed by atoms with E-state index in [-0.39, 0.29) is 11.2 Å². The van der Waals surface area contributed by atoms with E-state index in [0.29, 0.717) is 5.75 Å². The lowest BCUT2D eigenvalue weighted by atomic mass is 9.81. The fraction of sp³-hybridized carbons (Fsp3) is 0.625. The second kappa shape index (κ2) is 7.49. The lowest BCUT2D eigenvalue weighted by Gasteiger charge is -2.29. The number of ether oxygens (including phenoxy) is 1. The first-order valence-corrected chi connectivity index (χ1v) is 7.07. The van der Waals surface area contributed by atoms with Crippen molar-refractivity contribution >= 4 is 0 Å². The van der Waals surface area contributed by atoms with Crippen LogP contribution >= 0.6 is 0 Å². The summed E-state index contributed by atoms with van der Waals surface area (Å²) < 4.78 is 18.6. The zero-order valence-electron chi connectivity index (χ0n) is 12.6. The van der Waals surface area contributed by atoms with Gasteiger partial charge in [0, 0.05) is 6.54 Å². The van der Waals surface area contributed by atoms with Gasteiger partial charge in [-0.1, -0.05) is 26.8 Å². The van der Waals surface area contributed by atoms with Crippen molar-refractivity contribution in [2.24, 2.45) is 5.41 Å². The van der Waals surface area contributed by atoms with E-state index < -0.39 is 0 Å². The molecule has 108 valence electrons. The highest BCUT2D eigenvalue weighted by Crippen LogP contribution is 2.28. The highest BCUT2D eigenvalue weighted by atomic mass is 19.1. The molecule has 0 saturated carbocycles. The molecule has 2 nitrogen and oxygen atoms in total. The third-order valence-electron chi connectivity index (χ3n) is 3.68. The maximum Gasteiger partial charge on any atom is 0.165 e. The minimum Gasteiger partial charge on any atom is -0.494 e. The predicted molar refractivity (Wildman–Crippen MR) is 78.2 cm³/mol. The molecule has 0 aliphatic rings. The number of halogens is 1. The summed E-state index contributed by atoms with van der Waals surface area (Å²) in [6.07, 6.45) is 3.08. The predicted octanol–water partition coefficient (Wildman–Crippen LogP) is 3.79. The van der Waals surface area contributed by atoms with Crippen LogP contribution in [0.1, 0.15) is 39.2 Å². The van der Waals surface area contributed by atoms with Gasteiger partial charge in [-0.15, -0.1) is 0 Å². The number of rotatable bonds is 8. The minimum atomic E-state index is -0.278. The zero-order valence-corrected chi connectivity index (χ0v) is 12.6. The van der Waals surface area contributed by atoms with Crippen LogP contribution in [-0.2, 0) is 6.42 Å². The molecule has 0 aliphatic heterocycles. The molecule has 0 fully saturated rings. The summed E-state index contributed by atoms with van der Waals surface area (Å²) in [7, 11) is 1.49. The van der Waals surface area contributed by atoms with Crippen LogP contribution < -0.4 is 10.1 Å². The molecule has 1 rings (SSSR count). The van der Waals surface area contributed by atoms with Crippen LogP contribution in [-0.4, -0.2) is 20.2 Å². The molecule has 0 radical (unpaired) electrons. The molecule has 3 heteroatoms. The standard InChI is InChI=1S/C16H26FNO/c1-5-9-18-12-16(3,6-2)11-13-7-8-15(19-4)14(17)10-13/h7-8,10,18H,5-6,9,11-12H2,1-4H3. The van der Waals surface area contributed by atoms with Crippen LogP contribution in [0.15, 0.2) is 18.2 Å². The van der Waals surface area contributed by atoms with Crippen molar-refractivity contribution in [1.29, 1.82) is 0 Å². The molecule has 1 atom stereocenters. The quantitative estimate of drug-likeness (QED) is 0.723. The topological polar surface area (TPSA) is 21.3 Å². The Labute approximate surface area is 116 Å². The average molecular weight is 267 g/mol. The molecule has 1 N–H and O–H groups in total. The van der Waals surface area contributed by atoms with Crippen molar-refractivity contribution in [1.82, 2.24) is 5.32 Å². The van der Waals surface area contributed by atoms with Gasteiger partial charge in [-0.3, -0.25) is 0 Å². The molecule has 19 heavy (non-hydrogen) atoms. The van der Waals surface area contributed by atoms with Gasteiger partial charge >= 0.3 is 0 Å². The fourth-order valence-electron chi connectivity index (χ4n) is 2.19. The Bertz CT molecular complexity index is 394. The third kappa shape index (κ3) is 4.83. The Morgan fingerprint density at radius 2 is 2.05 bits per heavy atom. The molecular weight excluding hydrogens is 241 g/mol. The van der Waals surface area contributed by atoms with Crippen LogP contribution in [0.2, 0.25) is 0 Å². The van der Waals surface area contributed by atoms with E-state index in [1.807, 2.05) is 6.07 Å². The maximum absolute atomic E-state index is 13.7. The van der Waals surface area contributed by atoms with Crippen LogP contribution in [0.5, 0.6) is 5.75 Å². The molecule has 0 saturated heterocycles. The largest absolute Gasteiger partial charge is 0.494 e. The van der Waals surface area contributed by atoms with Gasteiger partial charge in [0.15, 0.2) is 11.6 Å². The SMILES string of the molecule is CCCNCC(C)(CC)Cc1ccc(OC)c(F)c1. The number of hydrogen-bond donors (Lipinski definition) is 1. The molecular formula is C16H26FNO. The van der Waals surface area contributed by atoms with Crippen molar-refractivity contribution < 1.29 is 9.13 Å². The van der Waals surface area contributed by atoms with Crippen molar-refractivity contribution in [2.75, 3.05) is 20.2 Å². The van der Waals surface area contributed by atoms with E-state index in [1.54, 1.807) is 12.1 Å². The fourth-order valence-corrected chi connectivity index (χ4v) is 2.19. The van der Waals surface area contributed by atoms with Crippen LogP contribution in [0.25, 0.3) is 0 Å². The second-order valence-electron chi connectivity index (χ2n) is 5.49. The van der Waals surface area contributed by atoms with Gasteiger partial charge < -0.3 is 10.1 Å². The Morgan fingerprint density at radius 3 is 2.58 bits per heavy atom. The summed E-state index contributed by atoms with van der Waals surface area (Å²) in [6.45, 7) is 8.60. The maximum atomic E-state index is 13.7. The summed E-state index contributed by atoms with van der Waals surface area (Å²) in [5.41, 5.74) is 1.19. The first-order valence-electron chi connectivity index (χ1n) is 7.07. The van der Waals surface area contributed by atoms with E-state index in [2.05, 4.69) is 26.1 Å². The van der Waals surface area contributed by atoms with Gasteiger partial charge in [-0.05, 0) is 48.9 Å². The van der Waals surface area contributed by atoms with Gasteiger partial charge in [0.05, 0.1) is 7.11 Å². The third-order valence-corrected chi connectivity index (χ3v) is 3.68. The molecule has 1 unspecified atom stereocenters. The van der Waals surface area contributed by atoms with Crippen molar-refractivity contribution in [3.8, 4) is 5.75 Å². The number of benzene rings is 1. The molecule has 0 aromatic heterocycles. The highest BCUT2D eigenvalue weighted by molar-refractivity contribution is 5.29. The average Bonchev–Trinajstić information content (AvgIpc) is 2.39. The first kappa shape index (κ1) is 16.0. The summed E-state index contributed by atoms with van der Waals surface area (Å²) in [5.74, 6) is 0.0334.